The molecule has 1 aromatic rings. The molecule has 98 valence electrons. The Morgan fingerprint density at radius 3 is 2.72 bits per heavy atom. The molecule has 5 heteroatoms. The molecule has 2 N–H and O–H groups in total. The highest BCUT2D eigenvalue weighted by Crippen LogP contribution is 2.45. The molecule has 0 aliphatic carbocycles. The van der Waals surface area contributed by atoms with E-state index in [1.807, 2.05) is 0 Å². The topological polar surface area (TPSA) is 35.2 Å². The van der Waals surface area contributed by atoms with Crippen molar-refractivity contribution in [3.8, 4) is 0 Å². The second-order valence-electron chi connectivity index (χ2n) is 5.06. The number of halogens is 3. The molecule has 4 atom stereocenters. The van der Waals surface area contributed by atoms with Gasteiger partial charge in [0.25, 0.3) is 0 Å². The van der Waals surface area contributed by atoms with Crippen LogP contribution in [0, 0.1) is 17.6 Å². The van der Waals surface area contributed by atoms with E-state index in [0.29, 0.717) is 0 Å². The Balaban J connectivity index is 1.93. The van der Waals surface area contributed by atoms with Crippen LogP contribution in [0.5, 0.6) is 0 Å². The predicted molar refractivity (Wildman–Crippen MR) is 67.0 cm³/mol. The Morgan fingerprint density at radius 1 is 1.33 bits per heavy atom. The van der Waals surface area contributed by atoms with Crippen molar-refractivity contribution in [3.05, 3.63) is 33.8 Å². The van der Waals surface area contributed by atoms with Crippen molar-refractivity contribution < 1.29 is 13.5 Å². The van der Waals surface area contributed by atoms with Crippen molar-refractivity contribution in [2.75, 3.05) is 0 Å². The quantitative estimate of drug-likeness (QED) is 0.849. The summed E-state index contributed by atoms with van der Waals surface area (Å²) in [5, 5.41) is 0. The normalized spacial score (nSPS) is 31.9. The van der Waals surface area contributed by atoms with Crippen LogP contribution in [-0.2, 0) is 4.74 Å². The maximum absolute atomic E-state index is 14.0. The molecule has 0 radical (unpaired) electrons. The van der Waals surface area contributed by atoms with Gasteiger partial charge in [0.15, 0.2) is 0 Å². The molecule has 2 saturated heterocycles. The first-order valence-electron chi connectivity index (χ1n) is 6.12. The molecule has 0 aromatic heterocycles. The van der Waals surface area contributed by atoms with Crippen molar-refractivity contribution in [1.29, 1.82) is 0 Å². The lowest BCUT2D eigenvalue weighted by molar-refractivity contribution is 0.0880. The summed E-state index contributed by atoms with van der Waals surface area (Å²) >= 11 is 3.07. The zero-order valence-corrected chi connectivity index (χ0v) is 11.3. The van der Waals surface area contributed by atoms with E-state index in [1.54, 1.807) is 0 Å². The molecule has 0 saturated carbocycles. The second-order valence-corrected chi connectivity index (χ2v) is 5.91. The van der Waals surface area contributed by atoms with Gasteiger partial charge in [-0.1, -0.05) is 0 Å². The van der Waals surface area contributed by atoms with Crippen molar-refractivity contribution in [2.24, 2.45) is 11.7 Å². The van der Waals surface area contributed by atoms with Crippen LogP contribution in [0.4, 0.5) is 8.78 Å². The fourth-order valence-electron chi connectivity index (χ4n) is 3.12. The van der Waals surface area contributed by atoms with Gasteiger partial charge in [-0.05, 0) is 47.3 Å². The highest BCUT2D eigenvalue weighted by Gasteiger charge is 2.44. The zero-order valence-electron chi connectivity index (χ0n) is 9.70. The van der Waals surface area contributed by atoms with Gasteiger partial charge in [-0.3, -0.25) is 0 Å². The van der Waals surface area contributed by atoms with E-state index >= 15 is 0 Å². The highest BCUT2D eigenvalue weighted by atomic mass is 79.9. The SMILES string of the molecule is NC(c1c(F)ccc(Br)c1F)C1CC2CCC1O2. The number of rotatable bonds is 2. The van der Waals surface area contributed by atoms with Crippen LogP contribution in [-0.4, -0.2) is 12.2 Å². The molecule has 2 aliphatic rings. The van der Waals surface area contributed by atoms with E-state index in [4.69, 9.17) is 10.5 Å². The van der Waals surface area contributed by atoms with Crippen molar-refractivity contribution >= 4 is 15.9 Å². The van der Waals surface area contributed by atoms with Crippen LogP contribution >= 0.6 is 15.9 Å². The molecule has 2 bridgehead atoms. The zero-order chi connectivity index (χ0) is 12.9. The number of benzene rings is 1. The largest absolute Gasteiger partial charge is 0.375 e. The van der Waals surface area contributed by atoms with Crippen LogP contribution in [0.1, 0.15) is 30.9 Å². The maximum atomic E-state index is 14.0. The third kappa shape index (κ3) is 1.89. The molecule has 2 heterocycles. The van der Waals surface area contributed by atoms with Crippen molar-refractivity contribution in [2.45, 2.75) is 37.5 Å². The minimum atomic E-state index is -0.641. The van der Waals surface area contributed by atoms with E-state index in [0.717, 1.165) is 19.3 Å². The first-order valence-corrected chi connectivity index (χ1v) is 6.91. The van der Waals surface area contributed by atoms with E-state index in [2.05, 4.69) is 15.9 Å². The molecule has 2 fully saturated rings. The Kier molecular flexibility index (Phi) is 3.16. The Morgan fingerprint density at radius 2 is 2.11 bits per heavy atom. The average molecular weight is 318 g/mol. The van der Waals surface area contributed by atoms with Gasteiger partial charge in [-0.25, -0.2) is 8.78 Å². The van der Waals surface area contributed by atoms with Gasteiger partial charge in [-0.15, -0.1) is 0 Å². The standard InChI is InChI=1S/C13H14BrF2NO/c14-8-2-3-9(15)11(12(8)16)13(17)7-5-6-1-4-10(7)18-6/h2-3,6-7,10,13H,1,4-5,17H2. The van der Waals surface area contributed by atoms with Gasteiger partial charge in [0.05, 0.1) is 16.7 Å². The summed E-state index contributed by atoms with van der Waals surface area (Å²) < 4.78 is 33.7. The second kappa shape index (κ2) is 4.54. The molecule has 4 unspecified atom stereocenters. The Bertz CT molecular complexity index is 482. The lowest BCUT2D eigenvalue weighted by atomic mass is 9.81. The van der Waals surface area contributed by atoms with E-state index in [1.165, 1.54) is 12.1 Å². The summed E-state index contributed by atoms with van der Waals surface area (Å²) in [5.41, 5.74) is 6.05. The van der Waals surface area contributed by atoms with Crippen LogP contribution in [0.25, 0.3) is 0 Å². The molecule has 2 nitrogen and oxygen atoms in total. The third-order valence-electron chi connectivity index (χ3n) is 4.03. The summed E-state index contributed by atoms with van der Waals surface area (Å²) in [6.45, 7) is 0. The van der Waals surface area contributed by atoms with Crippen LogP contribution in [0.3, 0.4) is 0 Å². The van der Waals surface area contributed by atoms with E-state index in [-0.39, 0.29) is 28.2 Å². The monoisotopic (exact) mass is 317 g/mol. The summed E-state index contributed by atoms with van der Waals surface area (Å²) in [6.07, 6.45) is 3.07. The molecule has 1 aromatic carbocycles. The Labute approximate surface area is 113 Å². The minimum Gasteiger partial charge on any atom is -0.375 e. The molecular formula is C13H14BrF2NO. The molecule has 0 spiro atoms. The van der Waals surface area contributed by atoms with Crippen LogP contribution in [0.15, 0.2) is 16.6 Å². The first-order chi connectivity index (χ1) is 8.58. The number of hydrogen-bond donors (Lipinski definition) is 1. The average Bonchev–Trinajstić information content (AvgIpc) is 2.96. The summed E-state index contributed by atoms with van der Waals surface area (Å²) in [4.78, 5) is 0. The van der Waals surface area contributed by atoms with Gasteiger partial charge in [0.2, 0.25) is 0 Å². The number of ether oxygens (including phenoxy) is 1. The highest BCUT2D eigenvalue weighted by molar-refractivity contribution is 9.10. The van der Waals surface area contributed by atoms with Gasteiger partial charge in [0, 0.05) is 17.5 Å². The fourth-order valence-corrected chi connectivity index (χ4v) is 3.46. The molecule has 3 rings (SSSR count). The number of hydrogen-bond acceptors (Lipinski definition) is 2. The predicted octanol–water partition coefficient (Wildman–Crippen LogP) is 3.29. The van der Waals surface area contributed by atoms with Crippen LogP contribution < -0.4 is 5.73 Å². The summed E-state index contributed by atoms with van der Waals surface area (Å²) in [5.74, 6) is -1.15. The lowest BCUT2D eigenvalue weighted by Gasteiger charge is -2.26. The molecule has 0 amide bonds. The number of nitrogens with two attached hydrogens (primary N) is 1. The van der Waals surface area contributed by atoms with Crippen LogP contribution in [0.2, 0.25) is 0 Å². The number of fused-ring (bicyclic) bond motifs is 2. The smallest absolute Gasteiger partial charge is 0.145 e. The molecule has 2 aliphatic heterocycles. The fraction of sp³-hybridized carbons (Fsp3) is 0.538. The lowest BCUT2D eigenvalue weighted by Crippen LogP contribution is -2.30. The first kappa shape index (κ1) is 12.5. The summed E-state index contributed by atoms with van der Waals surface area (Å²) in [7, 11) is 0. The minimum absolute atomic E-state index is 0.0158. The summed E-state index contributed by atoms with van der Waals surface area (Å²) in [6, 6.07) is 1.96. The Hall–Kier alpha value is -0.520. The van der Waals surface area contributed by atoms with Crippen molar-refractivity contribution in [3.63, 3.8) is 0 Å². The molecule has 18 heavy (non-hydrogen) atoms. The van der Waals surface area contributed by atoms with E-state index < -0.39 is 17.7 Å². The van der Waals surface area contributed by atoms with Crippen molar-refractivity contribution in [1.82, 2.24) is 0 Å². The van der Waals surface area contributed by atoms with Gasteiger partial charge >= 0.3 is 0 Å². The van der Waals surface area contributed by atoms with Gasteiger partial charge in [-0.2, -0.15) is 0 Å². The van der Waals surface area contributed by atoms with E-state index in [9.17, 15) is 8.78 Å². The molecular weight excluding hydrogens is 304 g/mol. The maximum Gasteiger partial charge on any atom is 0.145 e. The van der Waals surface area contributed by atoms with Gasteiger partial charge < -0.3 is 10.5 Å². The van der Waals surface area contributed by atoms with Gasteiger partial charge in [0.1, 0.15) is 11.6 Å². The third-order valence-corrected chi connectivity index (χ3v) is 4.64.